The Morgan fingerprint density at radius 1 is 1.42 bits per heavy atom. The molecule has 1 aliphatic rings. The molecule has 130 valence electrons. The second-order valence-electron chi connectivity index (χ2n) is 7.51. The van der Waals surface area contributed by atoms with Gasteiger partial charge in [0.25, 0.3) is 0 Å². The number of methoxy groups -OCH3 is 1. The van der Waals surface area contributed by atoms with E-state index < -0.39 is 32.6 Å². The Bertz CT molecular complexity index is 693. The van der Waals surface area contributed by atoms with Crippen LogP contribution in [0, 0.1) is 11.3 Å². The number of epoxide rings is 1. The number of rotatable bonds is 5. The van der Waals surface area contributed by atoms with Crippen LogP contribution in [0.2, 0.25) is 18.1 Å². The normalized spacial score (nSPS) is 25.4. The highest BCUT2D eigenvalue weighted by molar-refractivity contribution is 6.74. The van der Waals surface area contributed by atoms with Crippen LogP contribution >= 0.6 is 0 Å². The molecule has 24 heavy (non-hydrogen) atoms. The van der Waals surface area contributed by atoms with Crippen LogP contribution in [0.1, 0.15) is 39.4 Å². The number of esters is 1. The summed E-state index contributed by atoms with van der Waals surface area (Å²) in [4.78, 5) is 12.4. The fourth-order valence-corrected chi connectivity index (χ4v) is 3.41. The van der Waals surface area contributed by atoms with Gasteiger partial charge in [0.2, 0.25) is 5.60 Å². The van der Waals surface area contributed by atoms with E-state index >= 15 is 0 Å². The van der Waals surface area contributed by atoms with E-state index in [4.69, 9.17) is 20.5 Å². The van der Waals surface area contributed by atoms with Crippen molar-refractivity contribution in [2.75, 3.05) is 13.7 Å². The van der Waals surface area contributed by atoms with Crippen molar-refractivity contribution in [3.05, 3.63) is 35.4 Å². The van der Waals surface area contributed by atoms with Gasteiger partial charge in [0, 0.05) is 0 Å². The molecule has 0 radical (unpaired) electrons. The Balaban J connectivity index is 2.49. The Labute approximate surface area is 146 Å². The molecular formula is C18H25NO4Si. The van der Waals surface area contributed by atoms with E-state index in [2.05, 4.69) is 39.9 Å². The predicted molar refractivity (Wildman–Crippen MR) is 92.9 cm³/mol. The number of carbonyl (C=O) groups excluding carboxylic acids is 1. The third-order valence-corrected chi connectivity index (χ3v) is 9.26. The fourth-order valence-electron chi connectivity index (χ4n) is 2.16. The highest BCUT2D eigenvalue weighted by atomic mass is 28.4. The second-order valence-corrected chi connectivity index (χ2v) is 12.3. The zero-order chi connectivity index (χ0) is 19.0. The van der Waals surface area contributed by atoms with E-state index in [-0.39, 0.29) is 5.04 Å². The lowest BCUT2D eigenvalue weighted by Gasteiger charge is -2.40. The van der Waals surface area contributed by atoms with E-state index in [1.54, 1.807) is 24.3 Å². The number of hydrogen-bond acceptors (Lipinski definition) is 5. The molecule has 1 aromatic carbocycles. The van der Waals surface area contributed by atoms with Crippen molar-refractivity contribution in [3.8, 4) is 6.07 Å². The first-order valence-corrected chi connectivity index (χ1v) is 10.8. The monoisotopic (exact) mass is 348 g/mol. The first-order chi connectivity index (χ1) is 11.5. The molecule has 0 N–H and O–H groups in total. The van der Waals surface area contributed by atoms with Gasteiger partial charge in [-0.2, -0.15) is 5.26 Å². The number of nitrogens with zero attached hydrogens (tertiary/aromatic N) is 1. The second kappa shape index (κ2) is 6.32. The summed E-state index contributed by atoms with van der Waals surface area (Å²) in [7, 11) is -0.988. The van der Waals surface area contributed by atoms with Gasteiger partial charge < -0.3 is 13.9 Å². The molecule has 5 nitrogen and oxygen atoms in total. The molecule has 0 saturated carbocycles. The number of hydrogen-bond donors (Lipinski definition) is 0. The lowest BCUT2D eigenvalue weighted by Crippen LogP contribution is -2.46. The standard InChI is InChI=1S/C18H25NO4Si/c1-17(2,3)24(5,6)23-15(18(12-22-18)16(20)21-4)14-9-7-13(11-19)8-10-14/h7-10,15H,12H2,1-6H3/t15-,18-/m1/s1/i12D/t12-,15-,18-. The molecule has 1 fully saturated rings. The van der Waals surface area contributed by atoms with E-state index in [1.807, 2.05) is 0 Å². The molecule has 1 heterocycles. The van der Waals surface area contributed by atoms with Crippen LogP contribution < -0.4 is 0 Å². The average Bonchev–Trinajstić information content (AvgIpc) is 3.23. The molecule has 6 heteroatoms. The fraction of sp³-hybridized carbons (Fsp3) is 0.556. The van der Waals surface area contributed by atoms with Gasteiger partial charge in [-0.3, -0.25) is 0 Å². The Morgan fingerprint density at radius 2 is 1.96 bits per heavy atom. The van der Waals surface area contributed by atoms with Crippen LogP contribution in [0.5, 0.6) is 0 Å². The zero-order valence-corrected chi connectivity index (χ0v) is 16.0. The lowest BCUT2D eigenvalue weighted by atomic mass is 9.95. The van der Waals surface area contributed by atoms with Crippen LogP contribution in [-0.2, 0) is 18.7 Å². The summed E-state index contributed by atoms with van der Waals surface area (Å²) < 4.78 is 24.8. The van der Waals surface area contributed by atoms with E-state index in [0.717, 1.165) is 0 Å². The van der Waals surface area contributed by atoms with Crippen molar-refractivity contribution in [1.82, 2.24) is 0 Å². The maximum atomic E-state index is 12.4. The quantitative estimate of drug-likeness (QED) is 0.462. The van der Waals surface area contributed by atoms with Crippen molar-refractivity contribution < 1.29 is 20.1 Å². The molecule has 0 bridgehead atoms. The van der Waals surface area contributed by atoms with Gasteiger partial charge in [0.05, 0.1) is 26.7 Å². The maximum Gasteiger partial charge on any atom is 0.343 e. The lowest BCUT2D eigenvalue weighted by molar-refractivity contribution is -0.151. The molecule has 0 spiro atoms. The number of carbonyl (C=O) groups is 1. The van der Waals surface area contributed by atoms with Crippen LogP contribution in [0.25, 0.3) is 0 Å². The highest BCUT2D eigenvalue weighted by Crippen LogP contribution is 2.48. The SMILES string of the molecule is [2H][C@H]1O[C@@]1(C(=O)OC)[C@H](O[Si](C)(C)C(C)(C)C)c1ccc(C#N)cc1. The van der Waals surface area contributed by atoms with Crippen molar-refractivity contribution in [2.24, 2.45) is 0 Å². The number of nitriles is 1. The van der Waals surface area contributed by atoms with Crippen LogP contribution in [0.3, 0.4) is 0 Å². The summed E-state index contributed by atoms with van der Waals surface area (Å²) >= 11 is 0. The first kappa shape index (κ1) is 17.2. The number of benzene rings is 1. The maximum absolute atomic E-state index is 12.4. The molecule has 0 amide bonds. The summed E-state index contributed by atoms with van der Waals surface area (Å²) in [5, 5.41) is 8.92. The van der Waals surface area contributed by atoms with Gasteiger partial charge >= 0.3 is 5.97 Å². The Morgan fingerprint density at radius 3 is 2.33 bits per heavy atom. The summed E-state index contributed by atoms with van der Waals surface area (Å²) in [6.07, 6.45) is -0.754. The van der Waals surface area contributed by atoms with Gasteiger partial charge in [-0.15, -0.1) is 0 Å². The average molecular weight is 348 g/mol. The smallest absolute Gasteiger partial charge is 0.343 e. The van der Waals surface area contributed by atoms with E-state index in [0.29, 0.717) is 11.1 Å². The molecule has 2 rings (SSSR count). The van der Waals surface area contributed by atoms with E-state index in [9.17, 15) is 4.79 Å². The highest BCUT2D eigenvalue weighted by Gasteiger charge is 2.62. The van der Waals surface area contributed by atoms with Gasteiger partial charge in [0.15, 0.2) is 8.32 Å². The minimum absolute atomic E-state index is 0.0818. The third-order valence-electron chi connectivity index (χ3n) is 4.83. The molecular weight excluding hydrogens is 322 g/mol. The summed E-state index contributed by atoms with van der Waals surface area (Å²) in [6, 6.07) is 8.90. The van der Waals surface area contributed by atoms with E-state index in [1.165, 1.54) is 7.11 Å². The summed E-state index contributed by atoms with van der Waals surface area (Å²) in [5.41, 5.74) is -0.247. The summed E-state index contributed by atoms with van der Waals surface area (Å²) in [6.45, 7) is 9.43. The zero-order valence-electron chi connectivity index (χ0n) is 16.0. The van der Waals surface area contributed by atoms with Gasteiger partial charge in [-0.1, -0.05) is 32.9 Å². The summed E-state index contributed by atoms with van der Waals surface area (Å²) in [5.74, 6) is -0.611. The largest absolute Gasteiger partial charge is 0.467 e. The molecule has 0 unspecified atom stereocenters. The molecule has 0 aromatic heterocycles. The minimum Gasteiger partial charge on any atom is -0.467 e. The number of ether oxygens (including phenoxy) is 2. The van der Waals surface area contributed by atoms with Gasteiger partial charge in [-0.25, -0.2) is 4.79 Å². The van der Waals surface area contributed by atoms with Gasteiger partial charge in [-0.05, 0) is 35.8 Å². The molecule has 1 saturated heterocycles. The van der Waals surface area contributed by atoms with Crippen LogP contribution in [0.4, 0.5) is 0 Å². The van der Waals surface area contributed by atoms with Crippen molar-refractivity contribution in [3.63, 3.8) is 0 Å². The van der Waals surface area contributed by atoms with Crippen LogP contribution in [0.15, 0.2) is 24.3 Å². The molecule has 0 aliphatic carbocycles. The first-order valence-electron chi connectivity index (χ1n) is 8.43. The molecule has 1 aromatic rings. The molecule has 1 aliphatic heterocycles. The molecule has 3 atom stereocenters. The van der Waals surface area contributed by atoms with Crippen molar-refractivity contribution >= 4 is 14.3 Å². The van der Waals surface area contributed by atoms with Crippen molar-refractivity contribution in [1.29, 1.82) is 5.26 Å². The van der Waals surface area contributed by atoms with Gasteiger partial charge in [0.1, 0.15) is 6.10 Å². The topological polar surface area (TPSA) is 71.8 Å². The predicted octanol–water partition coefficient (Wildman–Crippen LogP) is 3.56. The Kier molecular flexibility index (Phi) is 4.52. The Hall–Kier alpha value is -1.68. The minimum atomic E-state index is -2.27. The van der Waals surface area contributed by atoms with Crippen LogP contribution in [-0.4, -0.2) is 33.6 Å². The van der Waals surface area contributed by atoms with Crippen molar-refractivity contribution in [2.45, 2.75) is 50.6 Å². The third kappa shape index (κ3) is 3.39.